The van der Waals surface area contributed by atoms with Crippen molar-refractivity contribution < 1.29 is 18.0 Å². The van der Waals surface area contributed by atoms with E-state index in [9.17, 15) is 18.0 Å². The van der Waals surface area contributed by atoms with E-state index in [2.05, 4.69) is 5.10 Å². The maximum Gasteiger partial charge on any atom is 0.416 e. The normalized spacial score (nSPS) is 11.5. The van der Waals surface area contributed by atoms with Gasteiger partial charge in [-0.05, 0) is 11.6 Å². The Hall–Kier alpha value is -2.31. The van der Waals surface area contributed by atoms with Gasteiger partial charge in [0.25, 0.3) is 5.91 Å². The largest absolute Gasteiger partial charge is 0.416 e. The quantitative estimate of drug-likeness (QED) is 0.927. The minimum absolute atomic E-state index is 0.0779. The van der Waals surface area contributed by atoms with Gasteiger partial charge < -0.3 is 5.73 Å². The molecular formula is C12H10F3N3O. The fraction of sp³-hybridized carbons (Fsp3) is 0.167. The summed E-state index contributed by atoms with van der Waals surface area (Å²) in [5.74, 6) is -0.671. The molecule has 100 valence electrons. The summed E-state index contributed by atoms with van der Waals surface area (Å²) in [6.45, 7) is -0.0804. The lowest BCUT2D eigenvalue weighted by Gasteiger charge is -2.12. The Kier molecular flexibility index (Phi) is 3.28. The second-order valence-corrected chi connectivity index (χ2v) is 3.95. The van der Waals surface area contributed by atoms with Crippen LogP contribution in [0.15, 0.2) is 36.7 Å². The molecule has 0 radical (unpaired) electrons. The van der Waals surface area contributed by atoms with Gasteiger partial charge in [0.05, 0.1) is 23.9 Å². The molecule has 1 aromatic carbocycles. The van der Waals surface area contributed by atoms with Crippen molar-refractivity contribution in [3.63, 3.8) is 0 Å². The number of aromatic nitrogens is 2. The van der Waals surface area contributed by atoms with Crippen LogP contribution in [0.4, 0.5) is 13.2 Å². The first kappa shape index (κ1) is 13.1. The lowest BCUT2D eigenvalue weighted by Crippen LogP contribution is -2.12. The number of nitrogens with zero attached hydrogens (tertiary/aromatic N) is 2. The zero-order chi connectivity index (χ0) is 14.0. The first-order valence-electron chi connectivity index (χ1n) is 5.35. The third kappa shape index (κ3) is 2.93. The summed E-state index contributed by atoms with van der Waals surface area (Å²) in [6.07, 6.45) is -1.88. The van der Waals surface area contributed by atoms with E-state index >= 15 is 0 Å². The molecule has 0 unspecified atom stereocenters. The second kappa shape index (κ2) is 4.75. The summed E-state index contributed by atoms with van der Waals surface area (Å²) < 4.78 is 39.6. The van der Waals surface area contributed by atoms with E-state index < -0.39 is 17.6 Å². The highest BCUT2D eigenvalue weighted by atomic mass is 19.4. The SMILES string of the molecule is NC(=O)c1cnn(Cc2ccccc2C(F)(F)F)c1. The first-order chi connectivity index (χ1) is 8.88. The number of amides is 1. The average Bonchev–Trinajstić information content (AvgIpc) is 2.77. The van der Waals surface area contributed by atoms with E-state index in [1.54, 1.807) is 0 Å². The van der Waals surface area contributed by atoms with Crippen molar-refractivity contribution >= 4 is 5.91 Å². The van der Waals surface area contributed by atoms with Crippen LogP contribution in [0.5, 0.6) is 0 Å². The molecule has 0 atom stereocenters. The van der Waals surface area contributed by atoms with Crippen LogP contribution in [-0.4, -0.2) is 15.7 Å². The summed E-state index contributed by atoms with van der Waals surface area (Å²) in [4.78, 5) is 10.9. The van der Waals surface area contributed by atoms with Crippen molar-refractivity contribution in [2.45, 2.75) is 12.7 Å². The summed E-state index contributed by atoms with van der Waals surface area (Å²) in [5.41, 5.74) is 4.57. The number of carbonyl (C=O) groups is 1. The molecule has 0 spiro atoms. The molecule has 0 bridgehead atoms. The third-order valence-corrected chi connectivity index (χ3v) is 2.57. The summed E-state index contributed by atoms with van der Waals surface area (Å²) in [6, 6.07) is 5.22. The molecule has 1 aromatic heterocycles. The van der Waals surface area contributed by atoms with E-state index in [4.69, 9.17) is 5.73 Å². The zero-order valence-corrected chi connectivity index (χ0v) is 9.69. The monoisotopic (exact) mass is 269 g/mol. The predicted octanol–water partition coefficient (Wildman–Crippen LogP) is 2.05. The van der Waals surface area contributed by atoms with Gasteiger partial charge in [0.2, 0.25) is 0 Å². The highest BCUT2D eigenvalue weighted by Crippen LogP contribution is 2.32. The molecule has 2 N–H and O–H groups in total. The smallest absolute Gasteiger partial charge is 0.366 e. The Morgan fingerprint density at radius 2 is 2.00 bits per heavy atom. The molecule has 0 aliphatic heterocycles. The molecule has 1 heterocycles. The Labute approximate surface area is 106 Å². The lowest BCUT2D eigenvalue weighted by atomic mass is 10.1. The number of hydrogen-bond acceptors (Lipinski definition) is 2. The van der Waals surface area contributed by atoms with Crippen LogP contribution in [0.1, 0.15) is 21.5 Å². The minimum atomic E-state index is -4.42. The molecule has 0 fully saturated rings. The Balaban J connectivity index is 2.30. The van der Waals surface area contributed by atoms with Crippen LogP contribution in [-0.2, 0) is 12.7 Å². The Morgan fingerprint density at radius 3 is 2.58 bits per heavy atom. The number of alkyl halides is 3. The molecular weight excluding hydrogens is 259 g/mol. The Morgan fingerprint density at radius 1 is 1.32 bits per heavy atom. The van der Waals surface area contributed by atoms with Gasteiger partial charge >= 0.3 is 6.18 Å². The van der Waals surface area contributed by atoms with Crippen molar-refractivity contribution in [3.05, 3.63) is 53.3 Å². The molecule has 2 rings (SSSR count). The number of nitrogens with two attached hydrogens (primary N) is 1. The number of benzene rings is 1. The highest BCUT2D eigenvalue weighted by Gasteiger charge is 2.32. The number of carbonyl (C=O) groups excluding carboxylic acids is 1. The van der Waals surface area contributed by atoms with Crippen molar-refractivity contribution in [1.82, 2.24) is 9.78 Å². The first-order valence-corrected chi connectivity index (χ1v) is 5.35. The number of rotatable bonds is 3. The van der Waals surface area contributed by atoms with Crippen LogP contribution in [0, 0.1) is 0 Å². The lowest BCUT2D eigenvalue weighted by molar-refractivity contribution is -0.138. The van der Waals surface area contributed by atoms with Gasteiger partial charge in [-0.1, -0.05) is 18.2 Å². The third-order valence-electron chi connectivity index (χ3n) is 2.57. The van der Waals surface area contributed by atoms with Crippen LogP contribution >= 0.6 is 0 Å². The van der Waals surface area contributed by atoms with Crippen molar-refractivity contribution in [1.29, 1.82) is 0 Å². The van der Waals surface area contributed by atoms with Gasteiger partial charge in [0.15, 0.2) is 0 Å². The van der Waals surface area contributed by atoms with Crippen LogP contribution in [0.3, 0.4) is 0 Å². The average molecular weight is 269 g/mol. The fourth-order valence-corrected chi connectivity index (χ4v) is 1.69. The molecule has 0 saturated carbocycles. The zero-order valence-electron chi connectivity index (χ0n) is 9.69. The van der Waals surface area contributed by atoms with Gasteiger partial charge in [0, 0.05) is 6.20 Å². The molecule has 4 nitrogen and oxygen atoms in total. The van der Waals surface area contributed by atoms with Crippen LogP contribution < -0.4 is 5.73 Å². The number of hydrogen-bond donors (Lipinski definition) is 1. The van der Waals surface area contributed by atoms with E-state index in [1.807, 2.05) is 0 Å². The molecule has 0 aliphatic rings. The highest BCUT2D eigenvalue weighted by molar-refractivity contribution is 5.92. The maximum atomic E-state index is 12.8. The second-order valence-electron chi connectivity index (χ2n) is 3.95. The van der Waals surface area contributed by atoms with E-state index in [0.29, 0.717) is 0 Å². The van der Waals surface area contributed by atoms with E-state index in [0.717, 1.165) is 6.07 Å². The summed E-state index contributed by atoms with van der Waals surface area (Å²) in [5, 5.41) is 3.80. The summed E-state index contributed by atoms with van der Waals surface area (Å²) >= 11 is 0. The molecule has 0 saturated heterocycles. The van der Waals surface area contributed by atoms with E-state index in [1.165, 1.54) is 35.3 Å². The van der Waals surface area contributed by atoms with E-state index in [-0.39, 0.29) is 17.7 Å². The standard InChI is InChI=1S/C12H10F3N3O/c13-12(14,15)10-4-2-1-3-8(10)6-18-7-9(5-17-18)11(16)19/h1-5,7H,6H2,(H2,16,19). The molecule has 7 heteroatoms. The van der Waals surface area contributed by atoms with Gasteiger partial charge in [0.1, 0.15) is 0 Å². The molecule has 0 aliphatic carbocycles. The minimum Gasteiger partial charge on any atom is -0.366 e. The van der Waals surface area contributed by atoms with Gasteiger partial charge in [-0.25, -0.2) is 0 Å². The van der Waals surface area contributed by atoms with Crippen molar-refractivity contribution in [2.24, 2.45) is 5.73 Å². The maximum absolute atomic E-state index is 12.8. The summed E-state index contributed by atoms with van der Waals surface area (Å²) in [7, 11) is 0. The topological polar surface area (TPSA) is 60.9 Å². The van der Waals surface area contributed by atoms with Crippen molar-refractivity contribution in [2.75, 3.05) is 0 Å². The number of halogens is 3. The molecule has 19 heavy (non-hydrogen) atoms. The number of primary amides is 1. The van der Waals surface area contributed by atoms with Gasteiger partial charge in [-0.3, -0.25) is 9.48 Å². The van der Waals surface area contributed by atoms with Crippen LogP contribution in [0.2, 0.25) is 0 Å². The van der Waals surface area contributed by atoms with Gasteiger partial charge in [-0.2, -0.15) is 18.3 Å². The predicted molar refractivity (Wildman–Crippen MR) is 61.3 cm³/mol. The van der Waals surface area contributed by atoms with Gasteiger partial charge in [-0.15, -0.1) is 0 Å². The van der Waals surface area contributed by atoms with Crippen molar-refractivity contribution in [3.8, 4) is 0 Å². The fourth-order valence-electron chi connectivity index (χ4n) is 1.69. The molecule has 1 amide bonds. The molecule has 2 aromatic rings. The van der Waals surface area contributed by atoms with Crippen LogP contribution in [0.25, 0.3) is 0 Å². The Bertz CT molecular complexity index is 604.